The minimum atomic E-state index is -3.82. The van der Waals surface area contributed by atoms with Gasteiger partial charge in [0, 0.05) is 49.7 Å². The quantitative estimate of drug-likeness (QED) is 0.283. The van der Waals surface area contributed by atoms with Gasteiger partial charge < -0.3 is 9.47 Å². The number of carbonyl (C=O) groups excluding carboxylic acids is 1. The minimum Gasteiger partial charge on any atom is -0.337 e. The number of rotatable bonds is 9. The van der Waals surface area contributed by atoms with Crippen molar-refractivity contribution in [2.75, 3.05) is 4.90 Å². The second-order valence-corrected chi connectivity index (χ2v) is 12.7. The lowest BCUT2D eigenvalue weighted by Crippen LogP contribution is -2.34. The summed E-state index contributed by atoms with van der Waals surface area (Å²) in [4.78, 5) is 20.0. The van der Waals surface area contributed by atoms with Crippen LogP contribution in [-0.2, 0) is 34.8 Å². The van der Waals surface area contributed by atoms with Crippen LogP contribution in [0.25, 0.3) is 0 Å². The maximum Gasteiger partial charge on any atom is 0.241 e. The van der Waals surface area contributed by atoms with Crippen molar-refractivity contribution in [1.82, 2.24) is 14.3 Å². The number of hydrogen-bond donors (Lipinski definition) is 1. The summed E-state index contributed by atoms with van der Waals surface area (Å²) in [6.45, 7) is 2.05. The lowest BCUT2D eigenvalue weighted by atomic mass is 9.87. The van der Waals surface area contributed by atoms with Crippen molar-refractivity contribution in [2.24, 2.45) is 7.05 Å². The Balaban J connectivity index is 1.47. The molecule has 0 saturated heterocycles. The fourth-order valence-corrected chi connectivity index (χ4v) is 6.92. The number of fused-ring (bicyclic) bond motifs is 1. The first-order valence-electron chi connectivity index (χ1n) is 13.6. The molecule has 0 aliphatic heterocycles. The Morgan fingerprint density at radius 3 is 2.71 bits per heavy atom. The smallest absolute Gasteiger partial charge is 0.241 e. The molecule has 0 unspecified atom stereocenters. The van der Waals surface area contributed by atoms with E-state index in [1.165, 1.54) is 18.2 Å². The first kappa shape index (κ1) is 29.0. The van der Waals surface area contributed by atoms with Crippen LogP contribution in [0.3, 0.4) is 0 Å². The molecule has 7 nitrogen and oxygen atoms in total. The molecular weight excluding hydrogens is 563 g/mol. The van der Waals surface area contributed by atoms with E-state index in [1.54, 1.807) is 41.4 Å². The number of nitrogens with zero attached hydrogens (tertiary/aromatic N) is 3. The van der Waals surface area contributed by atoms with E-state index in [0.29, 0.717) is 28.5 Å². The number of sulfonamides is 1. The Hall–Kier alpha value is -3.53. The van der Waals surface area contributed by atoms with E-state index >= 15 is 0 Å². The number of anilines is 1. The van der Waals surface area contributed by atoms with Crippen LogP contribution in [0.15, 0.2) is 84.0 Å². The predicted octanol–water partition coefficient (Wildman–Crippen LogP) is 5.34. The van der Waals surface area contributed by atoms with Crippen molar-refractivity contribution >= 4 is 21.6 Å². The molecule has 1 amide bonds. The zero-order valence-electron chi connectivity index (χ0n) is 23.0. The average molecular weight is 596 g/mol. The summed E-state index contributed by atoms with van der Waals surface area (Å²) in [5.74, 6) is -0.173. The second-order valence-electron chi connectivity index (χ2n) is 10.5. The summed E-state index contributed by atoms with van der Waals surface area (Å²) in [5, 5.41) is 0.451. The van der Waals surface area contributed by atoms with Crippen molar-refractivity contribution in [3.63, 3.8) is 0 Å². The van der Waals surface area contributed by atoms with Gasteiger partial charge >= 0.3 is 0 Å². The molecule has 1 N–H and O–H groups in total. The van der Waals surface area contributed by atoms with Crippen molar-refractivity contribution in [1.29, 1.82) is 0 Å². The van der Waals surface area contributed by atoms with Gasteiger partial charge in [-0.1, -0.05) is 37.3 Å². The molecule has 0 fully saturated rings. The largest absolute Gasteiger partial charge is 0.337 e. The van der Waals surface area contributed by atoms with Gasteiger partial charge in [0.05, 0.1) is 11.4 Å². The molecule has 1 aromatic heterocycles. The Bertz CT molecular complexity index is 1670. The van der Waals surface area contributed by atoms with Crippen LogP contribution in [0, 0.1) is 17.4 Å². The van der Waals surface area contributed by atoms with Gasteiger partial charge in [-0.2, -0.15) is 0 Å². The first-order valence-corrected chi connectivity index (χ1v) is 15.4. The zero-order chi connectivity index (χ0) is 29.1. The number of carbonyl (C=O) groups is 1. The standard InChI is InChI=1S/C31H33ClFN4O3S/c1-21(26-10-3-4-11-28(26)33)17-31(38)37(20-30-34-15-16-36(30)2)24-14-13-22-7-5-12-29(27(22)19-24)35-41(39,40)25-9-6-8-23(32)18-25/h3-4,6,8-11,13-16,18-19,21,29,32,35H,5,7,12,17,20H2,1-2H3/q+1/t21-,29-/m0/s1. The number of amides is 1. The van der Waals surface area contributed by atoms with Gasteiger partial charge in [0.2, 0.25) is 21.0 Å². The van der Waals surface area contributed by atoms with Crippen LogP contribution >= 0.6 is 0 Å². The van der Waals surface area contributed by atoms with Crippen molar-refractivity contribution in [3.05, 3.63) is 112 Å². The van der Waals surface area contributed by atoms with E-state index in [9.17, 15) is 17.6 Å². The van der Waals surface area contributed by atoms with E-state index in [4.69, 9.17) is 11.6 Å². The number of imidazole rings is 1. The summed E-state index contributed by atoms with van der Waals surface area (Å²) < 4.78 is 45.7. The molecule has 3 aromatic carbocycles. The van der Waals surface area contributed by atoms with Crippen LogP contribution < -0.4 is 9.62 Å². The molecule has 1 aliphatic carbocycles. The summed E-state index contributed by atoms with van der Waals surface area (Å²) >= 11 is 5.17. The molecule has 5 rings (SSSR count). The van der Waals surface area contributed by atoms with Gasteiger partial charge in [0.1, 0.15) is 11.6 Å². The van der Waals surface area contributed by atoms with E-state index in [1.807, 2.05) is 42.9 Å². The highest BCUT2D eigenvalue weighted by atomic mass is 35.5. The van der Waals surface area contributed by atoms with Gasteiger partial charge in [-0.3, -0.25) is 4.79 Å². The molecule has 1 aliphatic rings. The third kappa shape index (κ3) is 6.53. The zero-order valence-corrected chi connectivity index (χ0v) is 24.6. The number of halogens is 2. The lowest BCUT2D eigenvalue weighted by Gasteiger charge is -2.30. The van der Waals surface area contributed by atoms with E-state index < -0.39 is 16.1 Å². The van der Waals surface area contributed by atoms with E-state index in [0.717, 1.165) is 24.0 Å². The van der Waals surface area contributed by atoms with Gasteiger partial charge in [0.15, 0.2) is 11.6 Å². The van der Waals surface area contributed by atoms with Gasteiger partial charge in [-0.05, 0) is 66.1 Å². The fraction of sp³-hybridized carbons (Fsp3) is 0.290. The monoisotopic (exact) mass is 595 g/mol. The van der Waals surface area contributed by atoms with E-state index in [2.05, 4.69) is 9.71 Å². The van der Waals surface area contributed by atoms with Crippen LogP contribution in [0.2, 0.25) is 5.02 Å². The highest BCUT2D eigenvalue weighted by Crippen LogP contribution is 2.35. The molecule has 10 heteroatoms. The Morgan fingerprint density at radius 1 is 1.17 bits per heavy atom. The summed E-state index contributed by atoms with van der Waals surface area (Å²) in [7, 11) is -1.95. The maximum absolute atomic E-state index is 14.5. The summed E-state index contributed by atoms with van der Waals surface area (Å²) in [5.41, 5.74) is 3.00. The number of aryl methyl sites for hydroxylation is 2. The van der Waals surface area contributed by atoms with Crippen molar-refractivity contribution in [3.8, 4) is 0 Å². The second kappa shape index (κ2) is 12.1. The number of benzene rings is 3. The maximum atomic E-state index is 14.5. The lowest BCUT2D eigenvalue weighted by molar-refractivity contribution is -0.289. The van der Waals surface area contributed by atoms with Gasteiger partial charge in [-0.15, -0.1) is 0 Å². The van der Waals surface area contributed by atoms with Crippen LogP contribution in [-0.4, -0.2) is 23.9 Å². The average Bonchev–Trinajstić information content (AvgIpc) is 3.35. The predicted molar refractivity (Wildman–Crippen MR) is 153 cm³/mol. The van der Waals surface area contributed by atoms with Gasteiger partial charge in [-0.25, -0.2) is 22.5 Å². The summed E-state index contributed by atoms with van der Waals surface area (Å²) in [6, 6.07) is 18.1. The highest BCUT2D eigenvalue weighted by molar-refractivity contribution is 7.89. The van der Waals surface area contributed by atoms with Crippen molar-refractivity contribution < 1.29 is 29.2 Å². The highest BCUT2D eigenvalue weighted by Gasteiger charge is 2.29. The third-order valence-corrected chi connectivity index (χ3v) is 9.33. The van der Waals surface area contributed by atoms with Crippen molar-refractivity contribution in [2.45, 2.75) is 56.0 Å². The molecule has 0 saturated carbocycles. The minimum absolute atomic E-state index is 0.0932. The van der Waals surface area contributed by atoms with Crippen LogP contribution in [0.1, 0.15) is 60.7 Å². The molecule has 0 bridgehead atoms. The Kier molecular flexibility index (Phi) is 8.58. The molecule has 0 radical (unpaired) electrons. The normalized spacial score (nSPS) is 15.8. The molecule has 1 heterocycles. The molecule has 2 atom stereocenters. The van der Waals surface area contributed by atoms with Gasteiger partial charge in [0.25, 0.3) is 0 Å². The topological polar surface area (TPSA) is 84.3 Å². The third-order valence-electron chi connectivity index (χ3n) is 7.61. The molecule has 41 heavy (non-hydrogen) atoms. The number of hydrogen-bond acceptors (Lipinski definition) is 4. The first-order chi connectivity index (χ1) is 19.6. The summed E-state index contributed by atoms with van der Waals surface area (Å²) in [6.07, 6.45) is 5.85. The molecule has 0 spiro atoms. The molecule has 4 aromatic rings. The Labute approximate surface area is 245 Å². The fourth-order valence-electron chi connectivity index (χ4n) is 5.34. The van der Waals surface area contributed by atoms with E-state index in [-0.39, 0.29) is 35.5 Å². The Morgan fingerprint density at radius 2 is 1.98 bits per heavy atom. The van der Waals surface area contributed by atoms with Crippen LogP contribution in [0.4, 0.5) is 10.1 Å². The SMILES string of the molecule is C[C@@H](CC(=O)N(Cc1nccn1C)c1ccc2c(c1)[C@@H](NS(=O)(=O)c1cccc([ClH+])c1)CCC2)c1ccccc1F. The number of aromatic nitrogens is 2. The van der Waals surface area contributed by atoms with Crippen LogP contribution in [0.5, 0.6) is 0 Å². The number of nitrogens with one attached hydrogen (secondary N) is 1. The molecule has 214 valence electrons. The molecular formula is C31H33ClFN4O3S+.